The van der Waals surface area contributed by atoms with E-state index in [2.05, 4.69) is 15.6 Å². The number of aromatic nitrogens is 3. The van der Waals surface area contributed by atoms with Gasteiger partial charge in [0.05, 0.1) is 17.7 Å². The van der Waals surface area contributed by atoms with Gasteiger partial charge in [0.2, 0.25) is 0 Å². The lowest BCUT2D eigenvalue weighted by Crippen LogP contribution is -2.42. The number of alkyl halides is 3. The van der Waals surface area contributed by atoms with Crippen LogP contribution < -0.4 is 5.32 Å². The average Bonchev–Trinajstić information content (AvgIpc) is 2.96. The molecule has 6 nitrogen and oxygen atoms in total. The number of likely N-dealkylation sites (tertiary alicyclic amines) is 1. The number of carbonyl (C=O) groups excluding carboxylic acids is 1. The molecular formula is C15H22F3N5O. The maximum atomic E-state index is 12.7. The van der Waals surface area contributed by atoms with Crippen LogP contribution in [0.2, 0.25) is 0 Å². The Morgan fingerprint density at radius 1 is 1.17 bits per heavy atom. The number of piperidine rings is 2. The molecule has 0 radical (unpaired) electrons. The predicted molar refractivity (Wildman–Crippen MR) is 80.6 cm³/mol. The number of hydrogen-bond donors (Lipinski definition) is 1. The second-order valence-corrected chi connectivity index (χ2v) is 6.56. The molecule has 0 aromatic carbocycles. The summed E-state index contributed by atoms with van der Waals surface area (Å²) in [6, 6.07) is 0.219. The summed E-state index contributed by atoms with van der Waals surface area (Å²) in [5, 5.41) is 11.4. The predicted octanol–water partition coefficient (Wildman–Crippen LogP) is 1.93. The molecule has 2 aliphatic heterocycles. The zero-order chi connectivity index (χ0) is 17.3. The number of amides is 1. The van der Waals surface area contributed by atoms with Crippen molar-refractivity contribution in [3.05, 3.63) is 11.4 Å². The topological polar surface area (TPSA) is 63.1 Å². The monoisotopic (exact) mass is 345 g/mol. The van der Waals surface area contributed by atoms with Crippen LogP contribution in [0, 0.1) is 12.8 Å². The zero-order valence-corrected chi connectivity index (χ0v) is 13.6. The van der Waals surface area contributed by atoms with Gasteiger partial charge in [0.1, 0.15) is 0 Å². The van der Waals surface area contributed by atoms with Crippen molar-refractivity contribution in [2.45, 2.75) is 44.8 Å². The van der Waals surface area contributed by atoms with Crippen molar-refractivity contribution in [2.75, 3.05) is 26.2 Å². The van der Waals surface area contributed by atoms with Crippen LogP contribution in [0.4, 0.5) is 13.2 Å². The second-order valence-electron chi connectivity index (χ2n) is 6.56. The van der Waals surface area contributed by atoms with Gasteiger partial charge in [-0.3, -0.25) is 4.79 Å². The van der Waals surface area contributed by atoms with Crippen molar-refractivity contribution in [1.29, 1.82) is 0 Å². The summed E-state index contributed by atoms with van der Waals surface area (Å²) >= 11 is 0. The molecule has 0 atom stereocenters. The minimum absolute atomic E-state index is 0.0449. The number of carbonyl (C=O) groups is 1. The lowest BCUT2D eigenvalue weighted by molar-refractivity contribution is -0.183. The number of rotatable bonds is 2. The van der Waals surface area contributed by atoms with E-state index >= 15 is 0 Å². The van der Waals surface area contributed by atoms with Gasteiger partial charge in [-0.25, -0.2) is 4.68 Å². The molecule has 0 spiro atoms. The third kappa shape index (κ3) is 3.40. The van der Waals surface area contributed by atoms with E-state index in [0.29, 0.717) is 5.69 Å². The highest BCUT2D eigenvalue weighted by atomic mass is 19.4. The summed E-state index contributed by atoms with van der Waals surface area (Å²) in [6.07, 6.45) is -2.42. The van der Waals surface area contributed by atoms with Gasteiger partial charge in [0.25, 0.3) is 5.91 Å². The van der Waals surface area contributed by atoms with Gasteiger partial charge in [-0.05, 0) is 45.7 Å². The molecule has 1 N–H and O–H groups in total. The fourth-order valence-corrected chi connectivity index (χ4v) is 3.50. The molecule has 2 fully saturated rings. The second kappa shape index (κ2) is 6.70. The van der Waals surface area contributed by atoms with Crippen molar-refractivity contribution in [1.82, 2.24) is 25.2 Å². The van der Waals surface area contributed by atoms with Crippen LogP contribution in [-0.4, -0.2) is 58.2 Å². The van der Waals surface area contributed by atoms with Gasteiger partial charge in [-0.1, -0.05) is 5.21 Å². The molecule has 0 bridgehead atoms. The first-order chi connectivity index (χ1) is 11.4. The highest BCUT2D eigenvalue weighted by molar-refractivity contribution is 5.93. The quantitative estimate of drug-likeness (QED) is 0.890. The molecule has 1 amide bonds. The van der Waals surface area contributed by atoms with Gasteiger partial charge in [-0.15, -0.1) is 5.10 Å². The highest BCUT2D eigenvalue weighted by Gasteiger charge is 2.42. The Hall–Kier alpha value is -1.64. The minimum atomic E-state index is -4.18. The molecule has 24 heavy (non-hydrogen) atoms. The SMILES string of the molecule is Cc1c(C(=O)N2CCC(C(F)(F)F)CC2)nnn1C1CCNCC1. The largest absolute Gasteiger partial charge is 0.391 e. The van der Waals surface area contributed by atoms with Gasteiger partial charge < -0.3 is 10.2 Å². The Kier molecular flexibility index (Phi) is 4.80. The van der Waals surface area contributed by atoms with Crippen LogP contribution in [0.15, 0.2) is 0 Å². The Bertz CT molecular complexity index is 586. The number of nitrogens with one attached hydrogen (secondary N) is 1. The third-order valence-corrected chi connectivity index (χ3v) is 5.03. The van der Waals surface area contributed by atoms with E-state index in [1.165, 1.54) is 4.90 Å². The van der Waals surface area contributed by atoms with E-state index in [0.717, 1.165) is 25.9 Å². The normalized spacial score (nSPS) is 21.2. The summed E-state index contributed by atoms with van der Waals surface area (Å²) in [4.78, 5) is 14.1. The van der Waals surface area contributed by atoms with Crippen molar-refractivity contribution >= 4 is 5.91 Å². The first-order valence-corrected chi connectivity index (χ1v) is 8.36. The lowest BCUT2D eigenvalue weighted by atomic mass is 9.96. The number of nitrogens with zero attached hydrogens (tertiary/aromatic N) is 4. The Morgan fingerprint density at radius 3 is 2.38 bits per heavy atom. The van der Waals surface area contributed by atoms with Gasteiger partial charge in [0, 0.05) is 13.1 Å². The molecule has 134 valence electrons. The fraction of sp³-hybridized carbons (Fsp3) is 0.800. The lowest BCUT2D eigenvalue weighted by Gasteiger charge is -2.32. The molecule has 1 aromatic heterocycles. The molecule has 1 aromatic rings. The molecule has 9 heteroatoms. The van der Waals surface area contributed by atoms with Gasteiger partial charge in [-0.2, -0.15) is 13.2 Å². The maximum absolute atomic E-state index is 12.7. The van der Waals surface area contributed by atoms with Crippen LogP contribution in [0.25, 0.3) is 0 Å². The van der Waals surface area contributed by atoms with E-state index in [1.54, 1.807) is 11.6 Å². The van der Waals surface area contributed by atoms with E-state index in [1.807, 2.05) is 0 Å². The van der Waals surface area contributed by atoms with Crippen molar-refractivity contribution in [3.8, 4) is 0 Å². The molecule has 0 saturated carbocycles. The molecule has 2 saturated heterocycles. The summed E-state index contributed by atoms with van der Waals surface area (Å²) in [5.74, 6) is -1.62. The fourth-order valence-electron chi connectivity index (χ4n) is 3.50. The summed E-state index contributed by atoms with van der Waals surface area (Å²) in [7, 11) is 0. The Morgan fingerprint density at radius 2 is 1.79 bits per heavy atom. The van der Waals surface area contributed by atoms with Gasteiger partial charge >= 0.3 is 6.18 Å². The minimum Gasteiger partial charge on any atom is -0.337 e. The van der Waals surface area contributed by atoms with E-state index < -0.39 is 12.1 Å². The number of hydrogen-bond acceptors (Lipinski definition) is 4. The van der Waals surface area contributed by atoms with Crippen LogP contribution in [-0.2, 0) is 0 Å². The van der Waals surface area contributed by atoms with E-state index in [9.17, 15) is 18.0 Å². The zero-order valence-electron chi connectivity index (χ0n) is 13.6. The van der Waals surface area contributed by atoms with Crippen LogP contribution in [0.3, 0.4) is 0 Å². The first-order valence-electron chi connectivity index (χ1n) is 8.36. The average molecular weight is 345 g/mol. The maximum Gasteiger partial charge on any atom is 0.391 e. The molecule has 0 unspecified atom stereocenters. The van der Waals surface area contributed by atoms with Crippen molar-refractivity contribution < 1.29 is 18.0 Å². The van der Waals surface area contributed by atoms with Gasteiger partial charge in [0.15, 0.2) is 5.69 Å². The molecule has 3 heterocycles. The van der Waals surface area contributed by atoms with Crippen LogP contribution >= 0.6 is 0 Å². The van der Waals surface area contributed by atoms with Crippen LogP contribution in [0.5, 0.6) is 0 Å². The van der Waals surface area contributed by atoms with Crippen LogP contribution in [0.1, 0.15) is 47.9 Å². The highest BCUT2D eigenvalue weighted by Crippen LogP contribution is 2.34. The Labute approximate surface area is 138 Å². The summed E-state index contributed by atoms with van der Waals surface area (Å²) < 4.78 is 40.0. The first kappa shape index (κ1) is 17.2. The molecule has 0 aliphatic carbocycles. The summed E-state index contributed by atoms with van der Waals surface area (Å²) in [5.41, 5.74) is 0.962. The Balaban J connectivity index is 1.67. The molecule has 2 aliphatic rings. The molecule has 3 rings (SSSR count). The summed E-state index contributed by atoms with van der Waals surface area (Å²) in [6.45, 7) is 3.83. The third-order valence-electron chi connectivity index (χ3n) is 5.03. The smallest absolute Gasteiger partial charge is 0.337 e. The van der Waals surface area contributed by atoms with E-state index in [4.69, 9.17) is 0 Å². The molecular weight excluding hydrogens is 323 g/mol. The van der Waals surface area contributed by atoms with E-state index in [-0.39, 0.29) is 43.6 Å². The number of halogens is 3. The van der Waals surface area contributed by atoms with Crippen molar-refractivity contribution in [2.24, 2.45) is 5.92 Å². The van der Waals surface area contributed by atoms with Crippen molar-refractivity contribution in [3.63, 3.8) is 0 Å². The standard InChI is InChI=1S/C15H22F3N5O/c1-10-13(20-21-23(10)12-2-6-19-7-3-12)14(24)22-8-4-11(5-9-22)15(16,17)18/h11-12,19H,2-9H2,1H3.